The Morgan fingerprint density at radius 1 is 0.975 bits per heavy atom. The molecular formula is C30H34N4O3S3. The van der Waals surface area contributed by atoms with Crippen LogP contribution in [0.5, 0.6) is 0 Å². The van der Waals surface area contributed by atoms with Gasteiger partial charge < -0.3 is 0 Å². The number of hydrogen-bond donors (Lipinski definition) is 0. The van der Waals surface area contributed by atoms with Crippen LogP contribution in [0.15, 0.2) is 70.6 Å². The van der Waals surface area contributed by atoms with Gasteiger partial charge in [-0.05, 0) is 49.6 Å². The highest BCUT2D eigenvalue weighted by molar-refractivity contribution is 8.26. The zero-order chi connectivity index (χ0) is 28.1. The van der Waals surface area contributed by atoms with Gasteiger partial charge in [0.25, 0.3) is 5.91 Å². The van der Waals surface area contributed by atoms with Gasteiger partial charge in [0, 0.05) is 37.0 Å². The number of nitrogens with zero attached hydrogens (tertiary/aromatic N) is 4. The average molecular weight is 595 g/mol. The lowest BCUT2D eigenvalue weighted by atomic mass is 10.1. The standard InChI is InChI=1S/C30H34N4O3S3/c1-2-3-4-11-20-33-29(35)27(39-30(33)38)21-24-22-34(25-12-7-5-8-13-25)31-28(24)23-14-16-26(17-15-23)40(36,37)32-18-9-6-10-19-32/h5,7-8,12-17,21-22H,2-4,6,9-11,18-20H2,1H3/b27-21-. The van der Waals surface area contributed by atoms with Gasteiger partial charge in [-0.3, -0.25) is 9.69 Å². The Hall–Kier alpha value is -2.79. The summed E-state index contributed by atoms with van der Waals surface area (Å²) < 4.78 is 30.3. The zero-order valence-electron chi connectivity index (χ0n) is 22.7. The van der Waals surface area contributed by atoms with Gasteiger partial charge in [0.1, 0.15) is 4.32 Å². The van der Waals surface area contributed by atoms with Crippen molar-refractivity contribution in [2.75, 3.05) is 19.6 Å². The van der Waals surface area contributed by atoms with E-state index in [4.69, 9.17) is 17.3 Å². The number of unbranched alkanes of at least 4 members (excludes halogenated alkanes) is 3. The van der Waals surface area contributed by atoms with E-state index >= 15 is 0 Å². The van der Waals surface area contributed by atoms with Gasteiger partial charge in [-0.25, -0.2) is 13.1 Å². The first-order chi connectivity index (χ1) is 19.4. The molecule has 0 aliphatic carbocycles. The molecule has 2 aliphatic rings. The summed E-state index contributed by atoms with van der Waals surface area (Å²) in [5, 5.41) is 4.85. The molecule has 0 saturated carbocycles. The molecule has 210 valence electrons. The number of para-hydroxylation sites is 1. The molecule has 1 aromatic heterocycles. The number of carbonyl (C=O) groups is 1. The Labute approximate surface area is 246 Å². The minimum Gasteiger partial charge on any atom is -0.293 e. The third kappa shape index (κ3) is 6.25. The first-order valence-electron chi connectivity index (χ1n) is 13.9. The minimum atomic E-state index is -3.53. The van der Waals surface area contributed by atoms with E-state index in [1.807, 2.05) is 42.6 Å². The van der Waals surface area contributed by atoms with Crippen molar-refractivity contribution in [3.63, 3.8) is 0 Å². The normalized spacial score (nSPS) is 17.7. The molecule has 2 saturated heterocycles. The number of amides is 1. The van der Waals surface area contributed by atoms with Crippen molar-refractivity contribution in [1.29, 1.82) is 0 Å². The highest BCUT2D eigenvalue weighted by Gasteiger charge is 2.32. The fourth-order valence-electron chi connectivity index (χ4n) is 5.00. The number of carbonyl (C=O) groups excluding carboxylic acids is 1. The monoisotopic (exact) mass is 594 g/mol. The fourth-order valence-corrected chi connectivity index (χ4v) is 7.82. The summed E-state index contributed by atoms with van der Waals surface area (Å²) in [6, 6.07) is 16.7. The lowest BCUT2D eigenvalue weighted by Crippen LogP contribution is -2.35. The maximum Gasteiger partial charge on any atom is 0.266 e. The van der Waals surface area contributed by atoms with Crippen LogP contribution in [0.2, 0.25) is 0 Å². The smallest absolute Gasteiger partial charge is 0.266 e. The summed E-state index contributed by atoms with van der Waals surface area (Å²) in [7, 11) is -3.53. The first-order valence-corrected chi connectivity index (χ1v) is 16.6. The molecule has 1 amide bonds. The highest BCUT2D eigenvalue weighted by atomic mass is 32.2. The van der Waals surface area contributed by atoms with Crippen LogP contribution in [0.1, 0.15) is 57.4 Å². The number of hydrogen-bond acceptors (Lipinski definition) is 6. The van der Waals surface area contributed by atoms with E-state index in [-0.39, 0.29) is 10.8 Å². The Kier molecular flexibility index (Phi) is 9.20. The van der Waals surface area contributed by atoms with Crippen LogP contribution in [-0.4, -0.2) is 57.3 Å². The van der Waals surface area contributed by atoms with Crippen LogP contribution in [0, 0.1) is 0 Å². The first kappa shape index (κ1) is 28.7. The summed E-state index contributed by atoms with van der Waals surface area (Å²) in [5.74, 6) is -0.0760. The molecule has 2 fully saturated rings. The van der Waals surface area contributed by atoms with Crippen molar-refractivity contribution in [3.05, 3.63) is 71.3 Å². The zero-order valence-corrected chi connectivity index (χ0v) is 25.1. The van der Waals surface area contributed by atoms with Crippen molar-refractivity contribution >= 4 is 50.3 Å². The molecule has 0 unspecified atom stereocenters. The summed E-state index contributed by atoms with van der Waals surface area (Å²) in [4.78, 5) is 15.8. The lowest BCUT2D eigenvalue weighted by Gasteiger charge is -2.25. The molecule has 3 heterocycles. The largest absolute Gasteiger partial charge is 0.293 e. The number of rotatable bonds is 10. The van der Waals surface area contributed by atoms with Crippen LogP contribution in [0.4, 0.5) is 0 Å². The predicted octanol–water partition coefficient (Wildman–Crippen LogP) is 6.50. The van der Waals surface area contributed by atoms with Crippen molar-refractivity contribution < 1.29 is 13.2 Å². The number of piperidine rings is 1. The topological polar surface area (TPSA) is 75.5 Å². The Morgan fingerprint density at radius 3 is 2.40 bits per heavy atom. The third-order valence-electron chi connectivity index (χ3n) is 7.24. The highest BCUT2D eigenvalue weighted by Crippen LogP contribution is 2.35. The number of sulfonamides is 1. The van der Waals surface area contributed by atoms with Crippen molar-refractivity contribution in [2.45, 2.75) is 56.8 Å². The molecule has 0 N–H and O–H groups in total. The van der Waals surface area contributed by atoms with Crippen LogP contribution in [-0.2, 0) is 14.8 Å². The molecular weight excluding hydrogens is 561 g/mol. The van der Waals surface area contributed by atoms with Crippen LogP contribution in [0.25, 0.3) is 23.0 Å². The Morgan fingerprint density at radius 2 is 1.70 bits per heavy atom. The molecule has 40 heavy (non-hydrogen) atoms. The molecule has 0 atom stereocenters. The van der Waals surface area contributed by atoms with Gasteiger partial charge in [0.15, 0.2) is 0 Å². The number of thioether (sulfide) groups is 1. The molecule has 0 radical (unpaired) electrons. The third-order valence-corrected chi connectivity index (χ3v) is 10.5. The number of aromatic nitrogens is 2. The lowest BCUT2D eigenvalue weighted by molar-refractivity contribution is -0.122. The molecule has 3 aromatic rings. The van der Waals surface area contributed by atoms with E-state index in [2.05, 4.69) is 6.92 Å². The minimum absolute atomic E-state index is 0.0760. The number of thiocarbonyl (C=S) groups is 1. The van der Waals surface area contributed by atoms with Gasteiger partial charge in [0.2, 0.25) is 10.0 Å². The predicted molar refractivity (Wildman–Crippen MR) is 166 cm³/mol. The summed E-state index contributed by atoms with van der Waals surface area (Å²) in [6.45, 7) is 3.92. The Balaban J connectivity index is 1.46. The van der Waals surface area contributed by atoms with E-state index in [0.717, 1.165) is 61.8 Å². The van der Waals surface area contributed by atoms with E-state index in [0.29, 0.717) is 34.6 Å². The maximum atomic E-state index is 13.3. The molecule has 7 nitrogen and oxygen atoms in total. The van der Waals surface area contributed by atoms with Gasteiger partial charge in [0.05, 0.1) is 21.2 Å². The second-order valence-corrected chi connectivity index (χ2v) is 13.7. The van der Waals surface area contributed by atoms with Gasteiger partial charge in [-0.15, -0.1) is 0 Å². The maximum absolute atomic E-state index is 13.3. The average Bonchev–Trinajstić information content (AvgIpc) is 3.52. The van der Waals surface area contributed by atoms with Crippen LogP contribution < -0.4 is 0 Å². The van der Waals surface area contributed by atoms with Gasteiger partial charge >= 0.3 is 0 Å². The molecule has 2 aliphatic heterocycles. The van der Waals surface area contributed by atoms with Crippen LogP contribution in [0.3, 0.4) is 0 Å². The van der Waals surface area contributed by atoms with Crippen molar-refractivity contribution in [1.82, 2.24) is 19.0 Å². The number of benzene rings is 2. The van der Waals surface area contributed by atoms with Gasteiger partial charge in [-0.1, -0.05) is 86.9 Å². The molecule has 5 rings (SSSR count). The molecule has 2 aromatic carbocycles. The van der Waals surface area contributed by atoms with E-state index in [1.165, 1.54) is 11.8 Å². The second-order valence-electron chi connectivity index (χ2n) is 10.1. The fraction of sp³-hybridized carbons (Fsp3) is 0.367. The second kappa shape index (κ2) is 12.8. The summed E-state index contributed by atoms with van der Waals surface area (Å²) in [6.07, 6.45) is 10.9. The van der Waals surface area contributed by atoms with Crippen molar-refractivity contribution in [3.8, 4) is 16.9 Å². The summed E-state index contributed by atoms with van der Waals surface area (Å²) >= 11 is 6.86. The summed E-state index contributed by atoms with van der Waals surface area (Å²) in [5.41, 5.74) is 3.09. The van der Waals surface area contributed by atoms with E-state index < -0.39 is 10.0 Å². The molecule has 0 spiro atoms. The van der Waals surface area contributed by atoms with Crippen molar-refractivity contribution in [2.24, 2.45) is 0 Å². The molecule has 0 bridgehead atoms. The van der Waals surface area contributed by atoms with E-state index in [1.54, 1.807) is 38.2 Å². The Bertz CT molecular complexity index is 1490. The quantitative estimate of drug-likeness (QED) is 0.152. The SMILES string of the molecule is CCCCCCN1C(=O)/C(=C/c2cn(-c3ccccc3)nc2-c2ccc(S(=O)(=O)N3CCCCC3)cc2)SC1=S. The van der Waals surface area contributed by atoms with Crippen LogP contribution >= 0.6 is 24.0 Å². The van der Waals surface area contributed by atoms with E-state index in [9.17, 15) is 13.2 Å². The molecule has 10 heteroatoms. The van der Waals surface area contributed by atoms with Gasteiger partial charge in [-0.2, -0.15) is 9.40 Å².